The first-order valence-corrected chi connectivity index (χ1v) is 6.17. The highest BCUT2D eigenvalue weighted by atomic mass is 16.5. The topological polar surface area (TPSA) is 101 Å². The van der Waals surface area contributed by atoms with Crippen LogP contribution in [0.2, 0.25) is 0 Å². The first-order chi connectivity index (χ1) is 10.2. The molecule has 7 nitrogen and oxygen atoms in total. The van der Waals surface area contributed by atoms with E-state index in [1.807, 2.05) is 6.07 Å². The van der Waals surface area contributed by atoms with E-state index in [2.05, 4.69) is 15.3 Å². The van der Waals surface area contributed by atoms with Crippen molar-refractivity contribution in [1.82, 2.24) is 15.3 Å². The van der Waals surface area contributed by atoms with Crippen LogP contribution in [0.4, 0.5) is 4.79 Å². The summed E-state index contributed by atoms with van der Waals surface area (Å²) < 4.78 is 5.26. The van der Waals surface area contributed by atoms with Crippen LogP contribution in [0.15, 0.2) is 36.5 Å². The van der Waals surface area contributed by atoms with Gasteiger partial charge in [-0.15, -0.1) is 0 Å². The van der Waals surface area contributed by atoms with Gasteiger partial charge in [0.05, 0.1) is 12.2 Å². The predicted octanol–water partition coefficient (Wildman–Crippen LogP) is 1.60. The third-order valence-corrected chi connectivity index (χ3v) is 2.56. The van der Waals surface area contributed by atoms with Crippen molar-refractivity contribution in [3.8, 4) is 17.3 Å². The van der Waals surface area contributed by atoms with Crippen molar-refractivity contribution in [2.75, 3.05) is 13.2 Å². The summed E-state index contributed by atoms with van der Waals surface area (Å²) in [7, 11) is 0. The molecule has 0 aliphatic heterocycles. The van der Waals surface area contributed by atoms with Crippen molar-refractivity contribution in [2.24, 2.45) is 0 Å². The lowest BCUT2D eigenvalue weighted by Crippen LogP contribution is -2.26. The van der Waals surface area contributed by atoms with Gasteiger partial charge >= 0.3 is 12.1 Å². The molecule has 0 saturated carbocycles. The number of nitrogens with zero attached hydrogens (tertiary/aromatic N) is 2. The Morgan fingerprint density at radius 2 is 2.24 bits per heavy atom. The molecule has 0 atom stereocenters. The lowest BCUT2D eigenvalue weighted by atomic mass is 10.1. The lowest BCUT2D eigenvalue weighted by molar-refractivity contribution is 0.112. The maximum absolute atomic E-state index is 10.8. The summed E-state index contributed by atoms with van der Waals surface area (Å²) in [6, 6.07) is 8.85. The molecular weight excluding hydrogens is 274 g/mol. The molecule has 1 aromatic heterocycles. The first kappa shape index (κ1) is 14.4. The van der Waals surface area contributed by atoms with Crippen molar-refractivity contribution in [1.29, 1.82) is 0 Å². The van der Waals surface area contributed by atoms with Crippen molar-refractivity contribution >= 4 is 12.4 Å². The number of aromatic nitrogens is 2. The largest absolute Gasteiger partial charge is 0.465 e. The van der Waals surface area contributed by atoms with E-state index in [-0.39, 0.29) is 19.2 Å². The van der Waals surface area contributed by atoms with Crippen LogP contribution in [0.3, 0.4) is 0 Å². The van der Waals surface area contributed by atoms with E-state index in [0.717, 1.165) is 11.8 Å². The zero-order chi connectivity index (χ0) is 15.1. The Hall–Kier alpha value is -2.96. The van der Waals surface area contributed by atoms with Crippen LogP contribution >= 0.6 is 0 Å². The Labute approximate surface area is 120 Å². The normalized spacial score (nSPS) is 9.90. The van der Waals surface area contributed by atoms with Crippen LogP contribution < -0.4 is 10.1 Å². The number of carbonyl (C=O) groups is 2. The van der Waals surface area contributed by atoms with Gasteiger partial charge in [-0.3, -0.25) is 4.79 Å². The summed E-state index contributed by atoms with van der Waals surface area (Å²) in [6.07, 6.45) is 1.19. The van der Waals surface area contributed by atoms with Crippen molar-refractivity contribution in [3.63, 3.8) is 0 Å². The summed E-state index contributed by atoms with van der Waals surface area (Å²) in [4.78, 5) is 29.2. The molecule has 0 unspecified atom stereocenters. The minimum Gasteiger partial charge on any atom is -0.465 e. The van der Waals surface area contributed by atoms with Crippen LogP contribution in [0, 0.1) is 0 Å². The molecule has 0 radical (unpaired) electrons. The van der Waals surface area contributed by atoms with E-state index in [1.54, 1.807) is 24.3 Å². The van der Waals surface area contributed by atoms with E-state index in [9.17, 15) is 9.59 Å². The van der Waals surface area contributed by atoms with E-state index >= 15 is 0 Å². The summed E-state index contributed by atoms with van der Waals surface area (Å²) in [5.41, 5.74) is 1.95. The minimum atomic E-state index is -1.11. The van der Waals surface area contributed by atoms with E-state index in [0.29, 0.717) is 11.3 Å². The Bertz CT molecular complexity index is 646. The van der Waals surface area contributed by atoms with E-state index in [1.165, 1.54) is 6.20 Å². The molecule has 1 heterocycles. The summed E-state index contributed by atoms with van der Waals surface area (Å²) in [5, 5.41) is 10.6. The Kier molecular flexibility index (Phi) is 4.81. The number of ether oxygens (including phenoxy) is 1. The van der Waals surface area contributed by atoms with Crippen LogP contribution in [-0.2, 0) is 0 Å². The molecule has 7 heteroatoms. The van der Waals surface area contributed by atoms with Gasteiger partial charge in [0, 0.05) is 17.3 Å². The fraction of sp³-hybridized carbons (Fsp3) is 0.143. The molecule has 0 aliphatic rings. The van der Waals surface area contributed by atoms with Gasteiger partial charge in [0.1, 0.15) is 12.9 Å². The SMILES string of the molecule is O=Cc1cccc(-c2ccnc(OCCNC(=O)O)n2)c1. The molecule has 21 heavy (non-hydrogen) atoms. The second-order valence-electron chi connectivity index (χ2n) is 4.05. The second-order valence-corrected chi connectivity index (χ2v) is 4.05. The molecule has 0 bridgehead atoms. The second kappa shape index (κ2) is 6.99. The number of aldehydes is 1. The summed E-state index contributed by atoms with van der Waals surface area (Å²) in [5.74, 6) is 0. The van der Waals surface area contributed by atoms with E-state index in [4.69, 9.17) is 9.84 Å². The summed E-state index contributed by atoms with van der Waals surface area (Å²) in [6.45, 7) is 0.272. The van der Waals surface area contributed by atoms with Gasteiger partial charge in [-0.2, -0.15) is 4.98 Å². The first-order valence-electron chi connectivity index (χ1n) is 6.17. The monoisotopic (exact) mass is 287 g/mol. The van der Waals surface area contributed by atoms with Gasteiger partial charge in [-0.05, 0) is 12.1 Å². The molecule has 2 rings (SSSR count). The minimum absolute atomic E-state index is 0.129. The molecule has 1 aromatic carbocycles. The van der Waals surface area contributed by atoms with Gasteiger partial charge in [0.2, 0.25) is 0 Å². The van der Waals surface area contributed by atoms with Crippen molar-refractivity contribution in [3.05, 3.63) is 42.1 Å². The molecular formula is C14H13N3O4. The molecule has 2 aromatic rings. The van der Waals surface area contributed by atoms with Crippen LogP contribution in [0.5, 0.6) is 6.01 Å². The lowest BCUT2D eigenvalue weighted by Gasteiger charge is -2.06. The predicted molar refractivity (Wildman–Crippen MR) is 74.4 cm³/mol. The van der Waals surface area contributed by atoms with Crippen LogP contribution in [0.1, 0.15) is 10.4 Å². The third-order valence-electron chi connectivity index (χ3n) is 2.56. The molecule has 108 valence electrons. The molecule has 2 N–H and O–H groups in total. The van der Waals surface area contributed by atoms with Gasteiger partial charge in [-0.25, -0.2) is 9.78 Å². The highest BCUT2D eigenvalue weighted by molar-refractivity contribution is 5.78. The zero-order valence-electron chi connectivity index (χ0n) is 11.0. The highest BCUT2D eigenvalue weighted by Gasteiger charge is 2.04. The fourth-order valence-corrected chi connectivity index (χ4v) is 1.64. The highest BCUT2D eigenvalue weighted by Crippen LogP contribution is 2.19. The summed E-state index contributed by atoms with van der Waals surface area (Å²) >= 11 is 0. The Morgan fingerprint density at radius 1 is 1.38 bits per heavy atom. The van der Waals surface area contributed by atoms with Crippen LogP contribution in [0.25, 0.3) is 11.3 Å². The van der Waals surface area contributed by atoms with E-state index < -0.39 is 6.09 Å². The van der Waals surface area contributed by atoms with Gasteiger partial charge in [-0.1, -0.05) is 18.2 Å². The van der Waals surface area contributed by atoms with Crippen molar-refractivity contribution < 1.29 is 19.4 Å². The number of rotatable bonds is 6. The number of carbonyl (C=O) groups excluding carboxylic acids is 1. The molecule has 1 amide bonds. The maximum atomic E-state index is 10.8. The zero-order valence-corrected chi connectivity index (χ0v) is 11.0. The van der Waals surface area contributed by atoms with Gasteiger partial charge < -0.3 is 15.2 Å². The van der Waals surface area contributed by atoms with Gasteiger partial charge in [0.25, 0.3) is 0 Å². The average Bonchev–Trinajstić information content (AvgIpc) is 2.52. The molecule has 0 saturated heterocycles. The number of nitrogens with one attached hydrogen (secondary N) is 1. The fourth-order valence-electron chi connectivity index (χ4n) is 1.64. The van der Waals surface area contributed by atoms with Crippen molar-refractivity contribution in [2.45, 2.75) is 0 Å². The standard InChI is InChI=1S/C14H13N3O4/c18-9-10-2-1-3-11(8-10)12-4-5-15-13(17-12)21-7-6-16-14(19)20/h1-5,8-9,16H,6-7H2,(H,19,20). The van der Waals surface area contributed by atoms with Crippen LogP contribution in [-0.4, -0.2) is 40.6 Å². The number of benzene rings is 1. The Balaban J connectivity index is 2.06. The average molecular weight is 287 g/mol. The van der Waals surface area contributed by atoms with Gasteiger partial charge in [0.15, 0.2) is 0 Å². The molecule has 0 spiro atoms. The number of hydrogen-bond donors (Lipinski definition) is 2. The molecule has 0 fully saturated rings. The number of hydrogen-bond acceptors (Lipinski definition) is 5. The number of carboxylic acid groups (broad SMARTS) is 1. The smallest absolute Gasteiger partial charge is 0.404 e. The quantitative estimate of drug-likeness (QED) is 0.618. The number of amides is 1. The third kappa shape index (κ3) is 4.27. The molecule has 0 aliphatic carbocycles. The Morgan fingerprint density at radius 3 is 3.00 bits per heavy atom. The maximum Gasteiger partial charge on any atom is 0.404 e.